The molecule has 2 unspecified atom stereocenters. The SMILES string of the molecule is CNCCC(C1Cc2ccccc2S1)n1ncnn1. The lowest BCUT2D eigenvalue weighted by molar-refractivity contribution is 0.360. The van der Waals surface area contributed by atoms with E-state index in [0.717, 1.165) is 19.4 Å². The number of nitrogens with one attached hydrogen (secondary N) is 1. The Labute approximate surface area is 116 Å². The van der Waals surface area contributed by atoms with E-state index in [9.17, 15) is 0 Å². The molecule has 3 rings (SSSR count). The topological polar surface area (TPSA) is 55.6 Å². The van der Waals surface area contributed by atoms with Crippen LogP contribution in [0.2, 0.25) is 0 Å². The molecule has 0 saturated carbocycles. The van der Waals surface area contributed by atoms with Crippen LogP contribution < -0.4 is 5.32 Å². The number of nitrogens with zero attached hydrogens (tertiary/aromatic N) is 4. The van der Waals surface area contributed by atoms with Gasteiger partial charge in [-0.1, -0.05) is 18.2 Å². The first-order valence-corrected chi connectivity index (χ1v) is 7.38. The number of fused-ring (bicyclic) bond motifs is 1. The van der Waals surface area contributed by atoms with Gasteiger partial charge in [0.05, 0.1) is 6.04 Å². The van der Waals surface area contributed by atoms with E-state index in [0.29, 0.717) is 5.25 Å². The van der Waals surface area contributed by atoms with Gasteiger partial charge in [-0.15, -0.1) is 22.0 Å². The lowest BCUT2D eigenvalue weighted by Crippen LogP contribution is -2.27. The van der Waals surface area contributed by atoms with Crippen LogP contribution in [0.15, 0.2) is 35.5 Å². The summed E-state index contributed by atoms with van der Waals surface area (Å²) in [6, 6.07) is 8.91. The molecule has 5 nitrogen and oxygen atoms in total. The Morgan fingerprint density at radius 2 is 2.37 bits per heavy atom. The van der Waals surface area contributed by atoms with Gasteiger partial charge < -0.3 is 5.32 Å². The number of rotatable bonds is 5. The quantitative estimate of drug-likeness (QED) is 0.897. The average Bonchev–Trinajstić information content (AvgIpc) is 3.08. The molecule has 6 heteroatoms. The average molecular weight is 275 g/mol. The normalized spacial score (nSPS) is 19.3. The Hall–Kier alpha value is -1.40. The molecule has 0 aliphatic carbocycles. The van der Waals surface area contributed by atoms with Crippen molar-refractivity contribution < 1.29 is 0 Å². The van der Waals surface area contributed by atoms with Crippen LogP contribution >= 0.6 is 11.8 Å². The Morgan fingerprint density at radius 3 is 3.11 bits per heavy atom. The molecule has 100 valence electrons. The molecule has 0 fully saturated rings. The summed E-state index contributed by atoms with van der Waals surface area (Å²) in [4.78, 5) is 3.16. The minimum absolute atomic E-state index is 0.285. The van der Waals surface area contributed by atoms with Crippen LogP contribution in [0.1, 0.15) is 18.0 Å². The maximum atomic E-state index is 4.23. The minimum atomic E-state index is 0.285. The molecule has 2 heterocycles. The third-order valence-corrected chi connectivity index (χ3v) is 4.89. The van der Waals surface area contributed by atoms with Crippen molar-refractivity contribution in [3.63, 3.8) is 0 Å². The summed E-state index contributed by atoms with van der Waals surface area (Å²) in [5.41, 5.74) is 1.44. The van der Waals surface area contributed by atoms with Gasteiger partial charge in [0.1, 0.15) is 0 Å². The van der Waals surface area contributed by atoms with Crippen LogP contribution in [0.3, 0.4) is 0 Å². The fourth-order valence-electron chi connectivity index (χ4n) is 2.49. The number of hydrogen-bond donors (Lipinski definition) is 1. The summed E-state index contributed by atoms with van der Waals surface area (Å²) in [7, 11) is 1.97. The number of thioether (sulfide) groups is 1. The van der Waals surface area contributed by atoms with Crippen LogP contribution in [0, 0.1) is 0 Å². The number of aromatic nitrogens is 4. The van der Waals surface area contributed by atoms with Crippen molar-refractivity contribution >= 4 is 11.8 Å². The number of hydrogen-bond acceptors (Lipinski definition) is 5. The van der Waals surface area contributed by atoms with Crippen molar-refractivity contribution in [2.24, 2.45) is 0 Å². The van der Waals surface area contributed by atoms with E-state index in [1.165, 1.54) is 16.8 Å². The highest BCUT2D eigenvalue weighted by atomic mass is 32.2. The van der Waals surface area contributed by atoms with Crippen molar-refractivity contribution in [2.45, 2.75) is 29.0 Å². The Morgan fingerprint density at radius 1 is 1.47 bits per heavy atom. The predicted octanol–water partition coefficient (Wildman–Crippen LogP) is 1.54. The summed E-state index contributed by atoms with van der Waals surface area (Å²) in [6.45, 7) is 0.958. The van der Waals surface area contributed by atoms with Crippen LogP contribution in [-0.2, 0) is 6.42 Å². The lowest BCUT2D eigenvalue weighted by atomic mass is 10.0. The van der Waals surface area contributed by atoms with E-state index in [1.54, 1.807) is 4.80 Å². The molecule has 0 spiro atoms. The van der Waals surface area contributed by atoms with Gasteiger partial charge >= 0.3 is 0 Å². The van der Waals surface area contributed by atoms with Gasteiger partial charge in [-0.25, -0.2) is 0 Å². The molecule has 2 aromatic rings. The molecule has 1 aromatic heterocycles. The molecule has 0 bridgehead atoms. The van der Waals surface area contributed by atoms with Gasteiger partial charge in [0, 0.05) is 10.1 Å². The smallest absolute Gasteiger partial charge is 0.162 e. The molecule has 1 aliphatic heterocycles. The molecule has 1 aromatic carbocycles. The standard InChI is InChI=1S/C13H17N5S/c1-14-7-6-11(18-16-9-15-17-18)13-8-10-4-2-3-5-12(10)19-13/h2-5,9,11,13-14H,6-8H2,1H3. The third-order valence-electron chi connectivity index (χ3n) is 3.45. The number of benzene rings is 1. The second kappa shape index (κ2) is 5.71. The van der Waals surface area contributed by atoms with Gasteiger partial charge in [-0.05, 0) is 43.3 Å². The summed E-state index contributed by atoms with van der Waals surface area (Å²) in [5.74, 6) is 0. The van der Waals surface area contributed by atoms with Gasteiger partial charge in [-0.3, -0.25) is 0 Å². The van der Waals surface area contributed by atoms with Crippen molar-refractivity contribution in [1.82, 2.24) is 25.5 Å². The Kier molecular flexibility index (Phi) is 3.79. The lowest BCUT2D eigenvalue weighted by Gasteiger charge is -2.21. The second-order valence-corrected chi connectivity index (χ2v) is 5.96. The zero-order valence-corrected chi connectivity index (χ0v) is 11.7. The van der Waals surface area contributed by atoms with Gasteiger partial charge in [-0.2, -0.15) is 4.80 Å². The predicted molar refractivity (Wildman–Crippen MR) is 75.2 cm³/mol. The Bertz CT molecular complexity index is 503. The summed E-state index contributed by atoms with van der Waals surface area (Å²) >= 11 is 1.94. The van der Waals surface area contributed by atoms with E-state index in [4.69, 9.17) is 0 Å². The highest BCUT2D eigenvalue weighted by Crippen LogP contribution is 2.42. The largest absolute Gasteiger partial charge is 0.320 e. The van der Waals surface area contributed by atoms with Crippen molar-refractivity contribution in [2.75, 3.05) is 13.6 Å². The van der Waals surface area contributed by atoms with Crippen molar-refractivity contribution in [3.8, 4) is 0 Å². The molecular formula is C13H17N5S. The van der Waals surface area contributed by atoms with Gasteiger partial charge in [0.2, 0.25) is 0 Å². The highest BCUT2D eigenvalue weighted by Gasteiger charge is 2.31. The molecule has 1 aliphatic rings. The van der Waals surface area contributed by atoms with E-state index < -0.39 is 0 Å². The molecule has 0 amide bonds. The maximum absolute atomic E-state index is 4.23. The fraction of sp³-hybridized carbons (Fsp3) is 0.462. The first-order chi connectivity index (χ1) is 9.38. The molecule has 0 radical (unpaired) electrons. The van der Waals surface area contributed by atoms with Gasteiger partial charge in [0.15, 0.2) is 6.33 Å². The zero-order chi connectivity index (χ0) is 13.1. The van der Waals surface area contributed by atoms with Gasteiger partial charge in [0.25, 0.3) is 0 Å². The first-order valence-electron chi connectivity index (χ1n) is 6.50. The van der Waals surface area contributed by atoms with Crippen molar-refractivity contribution in [1.29, 1.82) is 0 Å². The highest BCUT2D eigenvalue weighted by molar-refractivity contribution is 8.00. The van der Waals surface area contributed by atoms with Crippen LogP contribution in [-0.4, -0.2) is 39.0 Å². The minimum Gasteiger partial charge on any atom is -0.320 e. The first kappa shape index (κ1) is 12.6. The zero-order valence-electron chi connectivity index (χ0n) is 10.9. The van der Waals surface area contributed by atoms with Crippen LogP contribution in [0.5, 0.6) is 0 Å². The van der Waals surface area contributed by atoms with E-state index in [1.807, 2.05) is 18.8 Å². The van der Waals surface area contributed by atoms with Crippen LogP contribution in [0.4, 0.5) is 0 Å². The molecular weight excluding hydrogens is 258 g/mol. The summed E-state index contributed by atoms with van der Waals surface area (Å²) < 4.78 is 0. The molecule has 19 heavy (non-hydrogen) atoms. The summed E-state index contributed by atoms with van der Waals surface area (Å²) in [5, 5.41) is 15.9. The summed E-state index contributed by atoms with van der Waals surface area (Å²) in [6.07, 6.45) is 3.61. The molecule has 1 N–H and O–H groups in total. The van der Waals surface area contributed by atoms with E-state index in [-0.39, 0.29) is 6.04 Å². The van der Waals surface area contributed by atoms with E-state index in [2.05, 4.69) is 45.0 Å². The van der Waals surface area contributed by atoms with Crippen LogP contribution in [0.25, 0.3) is 0 Å². The van der Waals surface area contributed by atoms with Crippen molar-refractivity contribution in [3.05, 3.63) is 36.2 Å². The number of tetrazole rings is 1. The molecule has 0 saturated heterocycles. The monoisotopic (exact) mass is 275 g/mol. The van der Waals surface area contributed by atoms with E-state index >= 15 is 0 Å². The third kappa shape index (κ3) is 2.64. The fourth-order valence-corrected chi connectivity index (χ4v) is 3.94. The molecule has 2 atom stereocenters. The Balaban J connectivity index is 1.79. The second-order valence-electron chi connectivity index (χ2n) is 4.68. The maximum Gasteiger partial charge on any atom is 0.162 e.